The summed E-state index contributed by atoms with van der Waals surface area (Å²) in [6.45, 7) is 4.72. The molecule has 1 aromatic rings. The third kappa shape index (κ3) is 4.55. The Morgan fingerprint density at radius 3 is 2.81 bits per heavy atom. The van der Waals surface area contributed by atoms with Crippen molar-refractivity contribution < 1.29 is 4.79 Å². The van der Waals surface area contributed by atoms with E-state index in [-0.39, 0.29) is 0 Å². The van der Waals surface area contributed by atoms with Crippen LogP contribution >= 0.6 is 0 Å². The number of carbonyl (C=O) groups is 1. The predicted octanol–water partition coefficient (Wildman–Crippen LogP) is 3.66. The summed E-state index contributed by atoms with van der Waals surface area (Å²) in [6, 6.07) is 6.50. The minimum atomic E-state index is 0.449. The number of hydrogen-bond acceptors (Lipinski definition) is 4. The molecule has 0 radical (unpaired) electrons. The topological polar surface area (TPSA) is 60.2 Å². The molecule has 26 heavy (non-hydrogen) atoms. The van der Waals surface area contributed by atoms with Crippen molar-refractivity contribution in [3.8, 4) is 6.07 Å². The van der Waals surface area contributed by atoms with E-state index in [1.54, 1.807) is 0 Å². The molecule has 1 saturated carbocycles. The SMILES string of the molecule is Cc1ccc(C#N)c(N2CCCC(CCN(C=O)C3CCCCC3)C2)n1. The molecule has 2 heterocycles. The van der Waals surface area contributed by atoms with Gasteiger partial charge in [-0.15, -0.1) is 0 Å². The highest BCUT2D eigenvalue weighted by Crippen LogP contribution is 2.28. The summed E-state index contributed by atoms with van der Waals surface area (Å²) in [5.41, 5.74) is 1.61. The molecule has 2 aliphatic rings. The minimum absolute atomic E-state index is 0.449. The number of piperidine rings is 1. The number of rotatable bonds is 6. The number of amides is 1. The summed E-state index contributed by atoms with van der Waals surface area (Å²) in [6.07, 6.45) is 10.6. The van der Waals surface area contributed by atoms with Crippen LogP contribution in [0.2, 0.25) is 0 Å². The van der Waals surface area contributed by atoms with Crippen molar-refractivity contribution in [1.82, 2.24) is 9.88 Å². The number of nitrogens with zero attached hydrogens (tertiary/aromatic N) is 4. The van der Waals surface area contributed by atoms with Gasteiger partial charge >= 0.3 is 0 Å². The summed E-state index contributed by atoms with van der Waals surface area (Å²) in [5, 5.41) is 9.40. The van der Waals surface area contributed by atoms with Gasteiger partial charge in [0.1, 0.15) is 11.9 Å². The zero-order valence-corrected chi connectivity index (χ0v) is 15.9. The molecule has 0 aromatic carbocycles. The van der Waals surface area contributed by atoms with Crippen molar-refractivity contribution in [3.05, 3.63) is 23.4 Å². The van der Waals surface area contributed by atoms with Crippen molar-refractivity contribution in [1.29, 1.82) is 5.26 Å². The second-order valence-corrected chi connectivity index (χ2v) is 7.81. The van der Waals surface area contributed by atoms with E-state index in [9.17, 15) is 10.1 Å². The number of pyridine rings is 1. The van der Waals surface area contributed by atoms with Crippen LogP contribution in [-0.2, 0) is 4.79 Å². The molecular formula is C21H30N4O. The molecule has 1 unspecified atom stereocenters. The van der Waals surface area contributed by atoms with Crippen LogP contribution < -0.4 is 4.90 Å². The Labute approximate surface area is 157 Å². The van der Waals surface area contributed by atoms with Gasteiger partial charge < -0.3 is 9.80 Å². The molecule has 1 aliphatic carbocycles. The predicted molar refractivity (Wildman–Crippen MR) is 103 cm³/mol. The summed E-state index contributed by atoms with van der Waals surface area (Å²) in [4.78, 5) is 20.5. The molecular weight excluding hydrogens is 324 g/mol. The molecule has 1 atom stereocenters. The monoisotopic (exact) mass is 354 g/mol. The van der Waals surface area contributed by atoms with Gasteiger partial charge in [-0.3, -0.25) is 4.79 Å². The molecule has 0 bridgehead atoms. The number of anilines is 1. The van der Waals surface area contributed by atoms with Crippen molar-refractivity contribution >= 4 is 12.2 Å². The van der Waals surface area contributed by atoms with Crippen molar-refractivity contribution in [2.75, 3.05) is 24.5 Å². The first-order chi connectivity index (χ1) is 12.7. The van der Waals surface area contributed by atoms with E-state index in [1.165, 1.54) is 25.7 Å². The standard InChI is InChI=1S/C21H30N4O/c1-17-9-10-19(14-22)21(23-17)24-12-5-6-18(15-24)11-13-25(16-26)20-7-3-2-4-8-20/h9-10,16,18,20H,2-8,11-13,15H2,1H3. The van der Waals surface area contributed by atoms with Crippen LogP contribution in [0.25, 0.3) is 0 Å². The lowest BCUT2D eigenvalue weighted by Gasteiger charge is -2.36. The number of hydrogen-bond donors (Lipinski definition) is 0. The van der Waals surface area contributed by atoms with Crippen LogP contribution in [0.5, 0.6) is 0 Å². The third-order valence-corrected chi connectivity index (χ3v) is 5.93. The largest absolute Gasteiger partial charge is 0.355 e. The van der Waals surface area contributed by atoms with Gasteiger partial charge in [-0.1, -0.05) is 19.3 Å². The maximum absolute atomic E-state index is 11.6. The highest BCUT2D eigenvalue weighted by atomic mass is 16.1. The van der Waals surface area contributed by atoms with E-state index in [1.807, 2.05) is 24.0 Å². The Bertz CT molecular complexity index is 648. The van der Waals surface area contributed by atoms with Crippen LogP contribution in [0.4, 0.5) is 5.82 Å². The van der Waals surface area contributed by atoms with Crippen LogP contribution in [0, 0.1) is 24.2 Å². The summed E-state index contributed by atoms with van der Waals surface area (Å²) >= 11 is 0. The number of aryl methyl sites for hydroxylation is 1. The van der Waals surface area contributed by atoms with Gasteiger partial charge in [-0.05, 0) is 57.1 Å². The first-order valence-corrected chi connectivity index (χ1v) is 10.0. The van der Waals surface area contributed by atoms with Crippen molar-refractivity contribution in [2.24, 2.45) is 5.92 Å². The van der Waals surface area contributed by atoms with E-state index >= 15 is 0 Å². The molecule has 2 fully saturated rings. The van der Waals surface area contributed by atoms with Gasteiger partial charge in [0, 0.05) is 31.4 Å². The summed E-state index contributed by atoms with van der Waals surface area (Å²) in [7, 11) is 0. The second-order valence-electron chi connectivity index (χ2n) is 7.81. The maximum Gasteiger partial charge on any atom is 0.209 e. The molecule has 1 aromatic heterocycles. The maximum atomic E-state index is 11.6. The Morgan fingerprint density at radius 2 is 2.08 bits per heavy atom. The zero-order valence-electron chi connectivity index (χ0n) is 15.9. The fraction of sp³-hybridized carbons (Fsp3) is 0.667. The lowest BCUT2D eigenvalue weighted by molar-refractivity contribution is -0.121. The van der Waals surface area contributed by atoms with Crippen molar-refractivity contribution in [3.63, 3.8) is 0 Å². The molecule has 5 nitrogen and oxygen atoms in total. The first-order valence-electron chi connectivity index (χ1n) is 10.0. The van der Waals surface area contributed by atoms with E-state index < -0.39 is 0 Å². The molecule has 0 N–H and O–H groups in total. The molecule has 0 spiro atoms. The van der Waals surface area contributed by atoms with Crippen LogP contribution in [-0.4, -0.2) is 42.0 Å². The first kappa shape index (κ1) is 18.7. The molecule has 5 heteroatoms. The van der Waals surface area contributed by atoms with Crippen molar-refractivity contribution in [2.45, 2.75) is 64.3 Å². The lowest BCUT2D eigenvalue weighted by Crippen LogP contribution is -2.40. The van der Waals surface area contributed by atoms with Gasteiger partial charge in [-0.25, -0.2) is 4.98 Å². The quantitative estimate of drug-likeness (QED) is 0.732. The number of aromatic nitrogens is 1. The molecule has 1 amide bonds. The number of nitriles is 1. The molecule has 1 saturated heterocycles. The average Bonchev–Trinajstić information content (AvgIpc) is 2.69. The molecule has 140 valence electrons. The normalized spacial score (nSPS) is 21.2. The van der Waals surface area contributed by atoms with Gasteiger partial charge in [0.2, 0.25) is 6.41 Å². The lowest BCUT2D eigenvalue weighted by atomic mass is 9.92. The zero-order chi connectivity index (χ0) is 18.4. The van der Waals surface area contributed by atoms with Crippen LogP contribution in [0.3, 0.4) is 0 Å². The van der Waals surface area contributed by atoms with E-state index in [2.05, 4.69) is 16.0 Å². The van der Waals surface area contributed by atoms with E-state index in [4.69, 9.17) is 0 Å². The third-order valence-electron chi connectivity index (χ3n) is 5.93. The average molecular weight is 354 g/mol. The Kier molecular flexibility index (Phi) is 6.49. The van der Waals surface area contributed by atoms with E-state index in [0.717, 1.165) is 63.2 Å². The Hall–Kier alpha value is -2.09. The van der Waals surface area contributed by atoms with Gasteiger partial charge in [0.05, 0.1) is 5.56 Å². The fourth-order valence-electron chi connectivity index (χ4n) is 4.43. The Morgan fingerprint density at radius 1 is 1.27 bits per heavy atom. The molecule has 1 aliphatic heterocycles. The minimum Gasteiger partial charge on any atom is -0.355 e. The van der Waals surface area contributed by atoms with E-state index in [0.29, 0.717) is 17.5 Å². The van der Waals surface area contributed by atoms with Crippen LogP contribution in [0.15, 0.2) is 12.1 Å². The highest BCUT2D eigenvalue weighted by Gasteiger charge is 2.25. The smallest absolute Gasteiger partial charge is 0.209 e. The summed E-state index contributed by atoms with van der Waals surface area (Å²) < 4.78 is 0. The van der Waals surface area contributed by atoms with Gasteiger partial charge in [-0.2, -0.15) is 5.26 Å². The fourth-order valence-corrected chi connectivity index (χ4v) is 4.43. The van der Waals surface area contributed by atoms with Gasteiger partial charge in [0.15, 0.2) is 0 Å². The molecule has 3 rings (SSSR count). The second kappa shape index (κ2) is 9.02. The Balaban J connectivity index is 1.59. The van der Waals surface area contributed by atoms with Crippen LogP contribution in [0.1, 0.15) is 62.6 Å². The summed E-state index contributed by atoms with van der Waals surface area (Å²) in [5.74, 6) is 1.39. The number of carbonyl (C=O) groups excluding carboxylic acids is 1. The van der Waals surface area contributed by atoms with Gasteiger partial charge in [0.25, 0.3) is 0 Å². The highest BCUT2D eigenvalue weighted by molar-refractivity contribution is 5.54.